The number of nitrogens with zero attached hydrogens (tertiary/aromatic N) is 1. The van der Waals surface area contributed by atoms with Crippen molar-refractivity contribution in [1.82, 2.24) is 15.6 Å². The molecule has 0 radical (unpaired) electrons. The summed E-state index contributed by atoms with van der Waals surface area (Å²) in [5.74, 6) is -1.29. The Morgan fingerprint density at radius 3 is 2.32 bits per heavy atom. The quantitative estimate of drug-likeness (QED) is 0.565. The number of benzene rings is 1. The summed E-state index contributed by atoms with van der Waals surface area (Å²) in [6, 6.07) is 7.97. The largest absolute Gasteiger partial charge is 0.484 e. The van der Waals surface area contributed by atoms with E-state index < -0.39 is 27.6 Å². The van der Waals surface area contributed by atoms with E-state index in [1.54, 1.807) is 12.1 Å². The molecule has 28 heavy (non-hydrogen) atoms. The summed E-state index contributed by atoms with van der Waals surface area (Å²) in [6.07, 6.45) is 3.42. The van der Waals surface area contributed by atoms with Gasteiger partial charge in [0.1, 0.15) is 11.5 Å². The molecule has 0 saturated heterocycles. The zero-order valence-corrected chi connectivity index (χ0v) is 16.4. The third kappa shape index (κ3) is 7.54. The van der Waals surface area contributed by atoms with Crippen LogP contribution in [0.2, 0.25) is 0 Å². The van der Waals surface area contributed by atoms with Crippen LogP contribution in [0.5, 0.6) is 5.75 Å². The summed E-state index contributed by atoms with van der Waals surface area (Å²) in [4.78, 5) is 23.5. The standard InChI is InChI=1S/C18H24N4O5S/c1-13-2-6-15(7-3-13)22-28(25,26)12-18(24)21-20-17(23)11-27-16-8-4-14(10-19)5-9-16/h4-5,8-9,13,15,22H,2-3,6-7,11-12H2,1H3,(H,20,23)(H,21,24). The van der Waals surface area contributed by atoms with Crippen molar-refractivity contribution in [3.8, 4) is 11.8 Å². The molecule has 3 N–H and O–H groups in total. The molecule has 9 nitrogen and oxygen atoms in total. The minimum Gasteiger partial charge on any atom is -0.484 e. The van der Waals surface area contributed by atoms with Gasteiger partial charge in [-0.1, -0.05) is 6.92 Å². The average Bonchev–Trinajstić information content (AvgIpc) is 2.66. The number of amides is 2. The van der Waals surface area contributed by atoms with Crippen molar-refractivity contribution in [3.05, 3.63) is 29.8 Å². The van der Waals surface area contributed by atoms with Crippen LogP contribution in [0.25, 0.3) is 0 Å². The Bertz CT molecular complexity index is 825. The van der Waals surface area contributed by atoms with E-state index in [4.69, 9.17) is 10.00 Å². The molecular weight excluding hydrogens is 384 g/mol. The van der Waals surface area contributed by atoms with Crippen molar-refractivity contribution in [2.75, 3.05) is 12.4 Å². The van der Waals surface area contributed by atoms with Crippen molar-refractivity contribution >= 4 is 21.8 Å². The Balaban J connectivity index is 1.68. The molecular formula is C18H24N4O5S. The van der Waals surface area contributed by atoms with E-state index in [1.807, 2.05) is 6.07 Å². The van der Waals surface area contributed by atoms with E-state index in [1.165, 1.54) is 12.1 Å². The molecule has 10 heteroatoms. The van der Waals surface area contributed by atoms with E-state index >= 15 is 0 Å². The molecule has 1 aliphatic carbocycles. The number of carbonyl (C=O) groups excluding carboxylic acids is 2. The Morgan fingerprint density at radius 2 is 1.71 bits per heavy atom. The lowest BCUT2D eigenvalue weighted by atomic mass is 9.88. The Labute approximate surface area is 164 Å². The minimum absolute atomic E-state index is 0.149. The van der Waals surface area contributed by atoms with Crippen LogP contribution < -0.4 is 20.3 Å². The van der Waals surface area contributed by atoms with Gasteiger partial charge in [0.25, 0.3) is 11.8 Å². The molecule has 1 saturated carbocycles. The van der Waals surface area contributed by atoms with Crippen LogP contribution in [0.3, 0.4) is 0 Å². The predicted molar refractivity (Wildman–Crippen MR) is 101 cm³/mol. The molecule has 0 aliphatic heterocycles. The molecule has 0 heterocycles. The van der Waals surface area contributed by atoms with Gasteiger partial charge in [-0.2, -0.15) is 5.26 Å². The van der Waals surface area contributed by atoms with E-state index in [-0.39, 0.29) is 12.6 Å². The van der Waals surface area contributed by atoms with Crippen LogP contribution in [0.1, 0.15) is 38.2 Å². The predicted octanol–water partition coefficient (Wildman–Crippen LogP) is 0.583. The van der Waals surface area contributed by atoms with Gasteiger partial charge in [0.15, 0.2) is 6.61 Å². The molecule has 1 fully saturated rings. The van der Waals surface area contributed by atoms with Gasteiger partial charge in [-0.15, -0.1) is 0 Å². The SMILES string of the molecule is CC1CCC(NS(=O)(=O)CC(=O)NNC(=O)COc2ccc(C#N)cc2)CC1. The number of sulfonamides is 1. The highest BCUT2D eigenvalue weighted by Crippen LogP contribution is 2.23. The fraction of sp³-hybridized carbons (Fsp3) is 0.500. The van der Waals surface area contributed by atoms with Crippen molar-refractivity contribution in [2.45, 2.75) is 38.6 Å². The first-order chi connectivity index (χ1) is 13.3. The monoisotopic (exact) mass is 408 g/mol. The number of hydrazine groups is 1. The van der Waals surface area contributed by atoms with Gasteiger partial charge in [-0.05, 0) is 55.9 Å². The number of ether oxygens (including phenoxy) is 1. The third-order valence-corrected chi connectivity index (χ3v) is 5.71. The van der Waals surface area contributed by atoms with Crippen molar-refractivity contribution in [3.63, 3.8) is 0 Å². The van der Waals surface area contributed by atoms with Gasteiger partial charge in [-0.25, -0.2) is 13.1 Å². The summed E-state index contributed by atoms with van der Waals surface area (Å²) in [6.45, 7) is 1.75. The van der Waals surface area contributed by atoms with Crippen LogP contribution in [0.15, 0.2) is 24.3 Å². The van der Waals surface area contributed by atoms with E-state index in [9.17, 15) is 18.0 Å². The summed E-state index contributed by atoms with van der Waals surface area (Å²) < 4.78 is 31.9. The molecule has 1 aliphatic rings. The lowest BCUT2D eigenvalue weighted by Gasteiger charge is -2.26. The summed E-state index contributed by atoms with van der Waals surface area (Å²) >= 11 is 0. The molecule has 1 aromatic carbocycles. The van der Waals surface area contributed by atoms with Crippen LogP contribution in [-0.4, -0.2) is 38.6 Å². The minimum atomic E-state index is -3.78. The zero-order chi connectivity index (χ0) is 20.6. The van der Waals surface area contributed by atoms with E-state index in [2.05, 4.69) is 22.5 Å². The van der Waals surface area contributed by atoms with Crippen LogP contribution >= 0.6 is 0 Å². The van der Waals surface area contributed by atoms with Gasteiger partial charge in [0, 0.05) is 6.04 Å². The normalized spacial score (nSPS) is 19.3. The lowest BCUT2D eigenvalue weighted by Crippen LogP contribution is -2.48. The van der Waals surface area contributed by atoms with Gasteiger partial charge in [0.2, 0.25) is 10.0 Å². The Hall–Kier alpha value is -2.64. The van der Waals surface area contributed by atoms with Crippen molar-refractivity contribution in [1.29, 1.82) is 5.26 Å². The molecule has 0 atom stereocenters. The van der Waals surface area contributed by atoms with Gasteiger partial charge in [0.05, 0.1) is 11.6 Å². The Morgan fingerprint density at radius 1 is 1.11 bits per heavy atom. The molecule has 152 valence electrons. The highest BCUT2D eigenvalue weighted by molar-refractivity contribution is 7.90. The fourth-order valence-corrected chi connectivity index (χ4v) is 4.08. The second-order valence-electron chi connectivity index (χ2n) is 6.85. The first-order valence-corrected chi connectivity index (χ1v) is 10.6. The molecule has 2 rings (SSSR count). The molecule has 2 amide bonds. The number of hydrogen-bond donors (Lipinski definition) is 3. The fourth-order valence-electron chi connectivity index (χ4n) is 2.83. The summed E-state index contributed by atoms with van der Waals surface area (Å²) in [5.41, 5.74) is 4.62. The zero-order valence-electron chi connectivity index (χ0n) is 15.6. The molecule has 0 aromatic heterocycles. The second-order valence-corrected chi connectivity index (χ2v) is 8.61. The number of rotatable bonds is 7. The summed E-state index contributed by atoms with van der Waals surface area (Å²) in [5, 5.41) is 8.71. The number of carbonyl (C=O) groups is 2. The number of nitrogens with one attached hydrogen (secondary N) is 3. The maximum Gasteiger partial charge on any atom is 0.276 e. The smallest absolute Gasteiger partial charge is 0.276 e. The molecule has 1 aromatic rings. The maximum atomic E-state index is 12.1. The summed E-state index contributed by atoms with van der Waals surface area (Å²) in [7, 11) is -3.78. The highest BCUT2D eigenvalue weighted by Gasteiger charge is 2.24. The van der Waals surface area contributed by atoms with Gasteiger partial charge >= 0.3 is 0 Å². The van der Waals surface area contributed by atoms with Gasteiger partial charge in [-0.3, -0.25) is 20.4 Å². The Kier molecular flexibility index (Phi) is 7.78. The molecule has 0 bridgehead atoms. The number of hydrogen-bond acceptors (Lipinski definition) is 6. The van der Waals surface area contributed by atoms with E-state index in [0.29, 0.717) is 17.2 Å². The average molecular weight is 408 g/mol. The number of nitriles is 1. The van der Waals surface area contributed by atoms with Crippen LogP contribution in [-0.2, 0) is 19.6 Å². The van der Waals surface area contributed by atoms with Crippen LogP contribution in [0, 0.1) is 17.2 Å². The van der Waals surface area contributed by atoms with E-state index in [0.717, 1.165) is 25.7 Å². The first-order valence-electron chi connectivity index (χ1n) is 8.98. The third-order valence-electron chi connectivity index (χ3n) is 4.38. The van der Waals surface area contributed by atoms with Gasteiger partial charge < -0.3 is 4.74 Å². The maximum absolute atomic E-state index is 12.1. The second kappa shape index (κ2) is 10.1. The van der Waals surface area contributed by atoms with Crippen molar-refractivity contribution < 1.29 is 22.7 Å². The molecule has 0 unspecified atom stereocenters. The van der Waals surface area contributed by atoms with Crippen LogP contribution in [0.4, 0.5) is 0 Å². The highest BCUT2D eigenvalue weighted by atomic mass is 32.2. The first kappa shape index (κ1) is 21.7. The van der Waals surface area contributed by atoms with Crippen molar-refractivity contribution in [2.24, 2.45) is 5.92 Å². The molecule has 0 spiro atoms. The topological polar surface area (TPSA) is 137 Å². The lowest BCUT2D eigenvalue weighted by molar-refractivity contribution is -0.128.